The van der Waals surface area contributed by atoms with Crippen LogP contribution in [0.2, 0.25) is 0 Å². The number of carbonyl (C=O) groups excluding carboxylic acids is 1. The number of hydrogen-bond acceptors (Lipinski definition) is 3. The molecule has 1 heterocycles. The number of benzene rings is 2. The first-order chi connectivity index (χ1) is 12.9. The molecule has 140 valence electrons. The second-order valence-corrected chi connectivity index (χ2v) is 8.04. The number of ether oxygens (including phenoxy) is 1. The number of imide groups is 1. The molecule has 0 radical (unpaired) electrons. The van der Waals surface area contributed by atoms with Crippen LogP contribution in [0.4, 0.5) is 9.59 Å². The van der Waals surface area contributed by atoms with E-state index in [1.807, 2.05) is 38.1 Å². The predicted octanol–water partition coefficient (Wildman–Crippen LogP) is 5.00. The Morgan fingerprint density at radius 1 is 1.07 bits per heavy atom. The van der Waals surface area contributed by atoms with Crippen molar-refractivity contribution in [2.75, 3.05) is 13.2 Å². The average molecular weight is 366 g/mol. The fraction of sp³-hybridized carbons (Fsp3) is 0.364. The van der Waals surface area contributed by atoms with Gasteiger partial charge in [0, 0.05) is 18.8 Å². The van der Waals surface area contributed by atoms with E-state index in [1.54, 1.807) is 0 Å². The van der Waals surface area contributed by atoms with Gasteiger partial charge in [-0.05, 0) is 36.1 Å². The van der Waals surface area contributed by atoms with Crippen LogP contribution in [-0.4, -0.2) is 40.5 Å². The normalized spacial score (nSPS) is 22.9. The lowest BCUT2D eigenvalue weighted by Gasteiger charge is -2.36. The standard InChI is InChI=1S/C22H23NO4/c1-22(2)12-7-13-23(22,20(24)25)21(26)27-14-19-17-10-5-3-8-15(17)16-9-4-6-11-18(16)19/h3-6,8-11,19H,7,12-14H2,1-2H3/p+1. The summed E-state index contributed by atoms with van der Waals surface area (Å²) < 4.78 is 5.03. The second-order valence-electron chi connectivity index (χ2n) is 8.04. The van der Waals surface area contributed by atoms with E-state index in [0.717, 1.165) is 22.3 Å². The van der Waals surface area contributed by atoms with Crippen molar-refractivity contribution >= 4 is 12.2 Å². The van der Waals surface area contributed by atoms with Crippen LogP contribution in [0, 0.1) is 0 Å². The van der Waals surface area contributed by atoms with Gasteiger partial charge in [-0.1, -0.05) is 48.5 Å². The molecular formula is C22H24NO4+. The Morgan fingerprint density at radius 2 is 1.63 bits per heavy atom. The molecule has 1 N–H and O–H groups in total. The number of likely N-dealkylation sites (tertiary alicyclic amines) is 1. The second kappa shape index (κ2) is 6.20. The number of amides is 2. The van der Waals surface area contributed by atoms with Crippen molar-refractivity contribution in [2.45, 2.75) is 38.1 Å². The Labute approximate surface area is 158 Å². The molecule has 2 amide bonds. The van der Waals surface area contributed by atoms with E-state index >= 15 is 0 Å². The number of carbonyl (C=O) groups is 2. The monoisotopic (exact) mass is 366 g/mol. The molecule has 1 saturated heterocycles. The van der Waals surface area contributed by atoms with Crippen molar-refractivity contribution in [1.29, 1.82) is 0 Å². The van der Waals surface area contributed by atoms with Crippen molar-refractivity contribution in [3.8, 4) is 11.1 Å². The molecule has 0 saturated carbocycles. The van der Waals surface area contributed by atoms with Crippen molar-refractivity contribution in [1.82, 2.24) is 0 Å². The SMILES string of the molecule is CC1(C)CCC[N+]1(C(=O)O)C(=O)OCC1c2ccccc2-c2ccccc21. The molecule has 2 aromatic rings. The van der Waals surface area contributed by atoms with Gasteiger partial charge in [0.25, 0.3) is 0 Å². The molecule has 0 aromatic heterocycles. The molecule has 27 heavy (non-hydrogen) atoms. The summed E-state index contributed by atoms with van der Waals surface area (Å²) >= 11 is 0. The summed E-state index contributed by atoms with van der Waals surface area (Å²) in [6, 6.07) is 16.2. The third-order valence-electron chi connectivity index (χ3n) is 6.29. The van der Waals surface area contributed by atoms with Gasteiger partial charge in [-0.2, -0.15) is 9.59 Å². The van der Waals surface area contributed by atoms with Gasteiger partial charge in [-0.15, -0.1) is 4.48 Å². The number of hydrogen-bond donors (Lipinski definition) is 1. The Morgan fingerprint density at radius 3 is 2.11 bits per heavy atom. The zero-order valence-electron chi connectivity index (χ0n) is 15.6. The minimum Gasteiger partial charge on any atom is -0.435 e. The molecule has 0 spiro atoms. The van der Waals surface area contributed by atoms with Crippen LogP contribution in [0.15, 0.2) is 48.5 Å². The topological polar surface area (TPSA) is 63.6 Å². The van der Waals surface area contributed by atoms with Gasteiger partial charge in [-0.3, -0.25) is 0 Å². The third kappa shape index (κ3) is 2.49. The maximum absolute atomic E-state index is 13.0. The molecule has 2 aliphatic rings. The largest absolute Gasteiger partial charge is 0.527 e. The molecule has 5 heteroatoms. The first-order valence-electron chi connectivity index (χ1n) is 9.36. The highest BCUT2D eigenvalue weighted by Gasteiger charge is 2.61. The number of carboxylic acid groups (broad SMARTS) is 1. The van der Waals surface area contributed by atoms with E-state index in [2.05, 4.69) is 24.3 Å². The molecule has 4 rings (SSSR count). The highest BCUT2D eigenvalue weighted by molar-refractivity contribution is 5.79. The number of nitrogens with zero attached hydrogens (tertiary/aromatic N) is 1. The lowest BCUT2D eigenvalue weighted by Crippen LogP contribution is -2.64. The summed E-state index contributed by atoms with van der Waals surface area (Å²) in [5.41, 5.74) is 3.87. The maximum Gasteiger partial charge on any atom is 0.527 e. The van der Waals surface area contributed by atoms with Crippen molar-refractivity contribution < 1.29 is 23.9 Å². The van der Waals surface area contributed by atoms with E-state index in [4.69, 9.17) is 4.74 Å². The molecule has 1 unspecified atom stereocenters. The van der Waals surface area contributed by atoms with Gasteiger partial charge >= 0.3 is 12.2 Å². The predicted molar refractivity (Wildman–Crippen MR) is 102 cm³/mol. The minimum atomic E-state index is -1.13. The van der Waals surface area contributed by atoms with Gasteiger partial charge in [0.2, 0.25) is 0 Å². The van der Waals surface area contributed by atoms with Crippen LogP contribution in [0.25, 0.3) is 11.1 Å². The summed E-state index contributed by atoms with van der Waals surface area (Å²) in [4.78, 5) is 25.0. The fourth-order valence-electron chi connectivity index (χ4n) is 4.72. The summed E-state index contributed by atoms with van der Waals surface area (Å²) in [5, 5.41) is 9.85. The van der Waals surface area contributed by atoms with E-state index in [0.29, 0.717) is 12.8 Å². The lowest BCUT2D eigenvalue weighted by atomic mass is 9.98. The Kier molecular flexibility index (Phi) is 4.07. The highest BCUT2D eigenvalue weighted by atomic mass is 16.6. The Balaban J connectivity index is 1.62. The molecule has 1 aliphatic heterocycles. The van der Waals surface area contributed by atoms with Gasteiger partial charge in [-0.25, -0.2) is 0 Å². The highest BCUT2D eigenvalue weighted by Crippen LogP contribution is 2.45. The van der Waals surface area contributed by atoms with E-state index < -0.39 is 22.2 Å². The molecule has 1 fully saturated rings. The van der Waals surface area contributed by atoms with Gasteiger partial charge in [0.15, 0.2) is 0 Å². The first-order valence-corrected chi connectivity index (χ1v) is 9.36. The minimum absolute atomic E-state index is 0.0686. The van der Waals surface area contributed by atoms with Crippen molar-refractivity contribution in [3.05, 3.63) is 59.7 Å². The van der Waals surface area contributed by atoms with Crippen LogP contribution in [-0.2, 0) is 4.74 Å². The quantitative estimate of drug-likeness (QED) is 0.760. The third-order valence-corrected chi connectivity index (χ3v) is 6.29. The Bertz CT molecular complexity index is 875. The molecule has 0 bridgehead atoms. The number of rotatable bonds is 2. The van der Waals surface area contributed by atoms with Gasteiger partial charge in [0.1, 0.15) is 18.7 Å². The first kappa shape index (κ1) is 17.7. The van der Waals surface area contributed by atoms with Gasteiger partial charge in [0.05, 0.1) is 0 Å². The van der Waals surface area contributed by atoms with Crippen molar-refractivity contribution in [3.63, 3.8) is 0 Å². The fourth-order valence-corrected chi connectivity index (χ4v) is 4.72. The zero-order valence-corrected chi connectivity index (χ0v) is 15.6. The van der Waals surface area contributed by atoms with Crippen LogP contribution >= 0.6 is 0 Å². The number of fused-ring (bicyclic) bond motifs is 3. The lowest BCUT2D eigenvalue weighted by molar-refractivity contribution is -0.822. The molecule has 2 aromatic carbocycles. The van der Waals surface area contributed by atoms with Gasteiger partial charge < -0.3 is 9.84 Å². The summed E-state index contributed by atoms with van der Waals surface area (Å²) in [6.07, 6.45) is -0.408. The summed E-state index contributed by atoms with van der Waals surface area (Å²) in [5.74, 6) is -0.0686. The van der Waals surface area contributed by atoms with Crippen molar-refractivity contribution in [2.24, 2.45) is 0 Å². The maximum atomic E-state index is 13.0. The zero-order chi connectivity index (χ0) is 19.2. The summed E-state index contributed by atoms with van der Waals surface area (Å²) in [7, 11) is 0. The number of quaternary nitrogens is 1. The smallest absolute Gasteiger partial charge is 0.435 e. The van der Waals surface area contributed by atoms with E-state index in [-0.39, 0.29) is 19.1 Å². The molecule has 5 nitrogen and oxygen atoms in total. The molecule has 1 aliphatic carbocycles. The van der Waals surface area contributed by atoms with Crippen LogP contribution in [0.1, 0.15) is 43.7 Å². The Hall–Kier alpha value is -2.66. The molecule has 1 atom stereocenters. The van der Waals surface area contributed by atoms with Crippen LogP contribution in [0.5, 0.6) is 0 Å². The average Bonchev–Trinajstić information content (AvgIpc) is 3.14. The summed E-state index contributed by atoms with van der Waals surface area (Å²) in [6.45, 7) is 4.08. The molecular weight excluding hydrogens is 342 g/mol. The van der Waals surface area contributed by atoms with Crippen LogP contribution in [0.3, 0.4) is 0 Å². The van der Waals surface area contributed by atoms with Crippen LogP contribution < -0.4 is 0 Å². The van der Waals surface area contributed by atoms with E-state index in [9.17, 15) is 14.7 Å². The van der Waals surface area contributed by atoms with E-state index in [1.165, 1.54) is 0 Å².